The van der Waals surface area contributed by atoms with Crippen molar-refractivity contribution < 1.29 is 0 Å². The van der Waals surface area contributed by atoms with E-state index in [4.69, 9.17) is 28.9 Å². The lowest BCUT2D eigenvalue weighted by atomic mass is 9.91. The molecule has 8 heteroatoms. The van der Waals surface area contributed by atoms with E-state index in [9.17, 15) is 10.1 Å². The molecule has 0 saturated carbocycles. The lowest BCUT2D eigenvalue weighted by molar-refractivity contribution is 1.03. The summed E-state index contributed by atoms with van der Waals surface area (Å²) in [5.74, 6) is -0.300. The predicted molar refractivity (Wildman–Crippen MR) is 108 cm³/mol. The van der Waals surface area contributed by atoms with Crippen molar-refractivity contribution in [3.05, 3.63) is 79.8 Å². The molecule has 1 aromatic heterocycles. The molecule has 0 aliphatic rings. The van der Waals surface area contributed by atoms with E-state index in [1.165, 1.54) is 6.33 Å². The Labute approximate surface area is 165 Å². The Balaban J connectivity index is 1.99. The summed E-state index contributed by atoms with van der Waals surface area (Å²) in [5.41, 5.74) is 8.24. The molecular weight excluding hydrogens is 385 g/mol. The van der Waals surface area contributed by atoms with E-state index in [0.29, 0.717) is 21.3 Å². The van der Waals surface area contributed by atoms with Crippen LogP contribution in [0.1, 0.15) is 22.6 Å². The highest BCUT2D eigenvalue weighted by atomic mass is 35.5. The maximum absolute atomic E-state index is 11.6. The van der Waals surface area contributed by atoms with Gasteiger partial charge in [-0.2, -0.15) is 5.26 Å². The summed E-state index contributed by atoms with van der Waals surface area (Å²) >= 11 is 12.4. The highest BCUT2D eigenvalue weighted by molar-refractivity contribution is 6.32. The minimum absolute atomic E-state index is 0.0202. The third-order valence-corrected chi connectivity index (χ3v) is 4.71. The van der Waals surface area contributed by atoms with E-state index in [2.05, 4.69) is 21.4 Å². The number of nitrogens with two attached hydrogens (primary N) is 1. The van der Waals surface area contributed by atoms with Gasteiger partial charge in [0.1, 0.15) is 5.69 Å². The number of nitrogen functional groups attached to an aromatic ring is 1. The molecule has 1 unspecified atom stereocenters. The summed E-state index contributed by atoms with van der Waals surface area (Å²) in [4.78, 5) is 18.1. The number of hydrogen-bond acceptors (Lipinski definition) is 5. The fourth-order valence-electron chi connectivity index (χ4n) is 2.68. The third kappa shape index (κ3) is 3.90. The quantitative estimate of drug-likeness (QED) is 0.603. The fraction of sp³-hybridized carbons (Fsp3) is 0.105. The van der Waals surface area contributed by atoms with Crippen LogP contribution in [0.15, 0.2) is 47.5 Å². The van der Waals surface area contributed by atoms with Crippen LogP contribution in [0.3, 0.4) is 0 Å². The maximum Gasteiger partial charge on any atom is 0.276 e. The summed E-state index contributed by atoms with van der Waals surface area (Å²) in [6.45, 7) is 1.86. The Hall–Kier alpha value is -3.01. The molecule has 136 valence electrons. The summed E-state index contributed by atoms with van der Waals surface area (Å²) in [7, 11) is 0. The number of H-pyrrole nitrogens is 1. The zero-order chi connectivity index (χ0) is 19.6. The van der Waals surface area contributed by atoms with E-state index >= 15 is 0 Å². The van der Waals surface area contributed by atoms with Crippen LogP contribution < -0.4 is 16.6 Å². The third-order valence-electron chi connectivity index (χ3n) is 4.13. The SMILES string of the molecule is Cc1cc(C(C#N)c2ccc(Cl)cc2)c(Cl)cc1Nc1nc[nH]c(=O)c1N. The fourth-order valence-corrected chi connectivity index (χ4v) is 3.07. The van der Waals surface area contributed by atoms with Gasteiger partial charge in [0.05, 0.1) is 18.3 Å². The maximum atomic E-state index is 11.6. The number of halogens is 2. The molecule has 0 fully saturated rings. The lowest BCUT2D eigenvalue weighted by Gasteiger charge is -2.16. The van der Waals surface area contributed by atoms with Gasteiger partial charge >= 0.3 is 0 Å². The monoisotopic (exact) mass is 399 g/mol. The highest BCUT2D eigenvalue weighted by Gasteiger charge is 2.19. The van der Waals surface area contributed by atoms with E-state index in [1.54, 1.807) is 30.3 Å². The predicted octanol–water partition coefficient (Wildman–Crippen LogP) is 4.37. The van der Waals surface area contributed by atoms with E-state index in [1.807, 2.05) is 13.0 Å². The van der Waals surface area contributed by atoms with Crippen molar-refractivity contribution >= 4 is 40.4 Å². The van der Waals surface area contributed by atoms with Gasteiger partial charge in [-0.15, -0.1) is 0 Å². The van der Waals surface area contributed by atoms with Crippen LogP contribution in [0.2, 0.25) is 10.0 Å². The number of nitriles is 1. The molecule has 0 aliphatic heterocycles. The topological polar surface area (TPSA) is 108 Å². The normalized spacial score (nSPS) is 11.6. The van der Waals surface area contributed by atoms with E-state index in [-0.39, 0.29) is 11.5 Å². The second kappa shape index (κ2) is 7.70. The zero-order valence-electron chi connectivity index (χ0n) is 14.3. The molecular formula is C19H15Cl2N5O. The van der Waals surface area contributed by atoms with Gasteiger partial charge in [-0.3, -0.25) is 4.79 Å². The average molecular weight is 400 g/mol. The molecule has 0 spiro atoms. The van der Waals surface area contributed by atoms with Crippen molar-refractivity contribution in [3.63, 3.8) is 0 Å². The Kier molecular flexibility index (Phi) is 5.36. The van der Waals surface area contributed by atoms with Gasteiger partial charge in [0, 0.05) is 15.7 Å². The van der Waals surface area contributed by atoms with Crippen LogP contribution in [0.5, 0.6) is 0 Å². The number of nitrogens with one attached hydrogen (secondary N) is 2. The van der Waals surface area contributed by atoms with Crippen LogP contribution in [-0.4, -0.2) is 9.97 Å². The molecule has 4 N–H and O–H groups in total. The first-order valence-electron chi connectivity index (χ1n) is 7.96. The number of benzene rings is 2. The zero-order valence-corrected chi connectivity index (χ0v) is 15.8. The second-order valence-electron chi connectivity index (χ2n) is 5.92. The van der Waals surface area contributed by atoms with Crippen molar-refractivity contribution in [1.82, 2.24) is 9.97 Å². The van der Waals surface area contributed by atoms with Crippen molar-refractivity contribution in [3.8, 4) is 6.07 Å². The molecule has 0 aliphatic carbocycles. The van der Waals surface area contributed by atoms with E-state index < -0.39 is 11.5 Å². The van der Waals surface area contributed by atoms with Crippen LogP contribution in [0, 0.1) is 18.3 Å². The first-order valence-corrected chi connectivity index (χ1v) is 8.71. The van der Waals surface area contributed by atoms with Gasteiger partial charge in [0.25, 0.3) is 5.56 Å². The minimum Gasteiger partial charge on any atom is -0.391 e. The first kappa shape index (κ1) is 18.8. The number of hydrogen-bond donors (Lipinski definition) is 3. The van der Waals surface area contributed by atoms with Crippen LogP contribution in [0.25, 0.3) is 0 Å². The largest absolute Gasteiger partial charge is 0.391 e. The number of anilines is 3. The summed E-state index contributed by atoms with van der Waals surface area (Å²) < 4.78 is 0. The van der Waals surface area contributed by atoms with Gasteiger partial charge in [0.2, 0.25) is 0 Å². The Morgan fingerprint density at radius 2 is 1.96 bits per heavy atom. The molecule has 3 aromatic rings. The second-order valence-corrected chi connectivity index (χ2v) is 6.76. The lowest BCUT2D eigenvalue weighted by Crippen LogP contribution is -2.15. The van der Waals surface area contributed by atoms with Crippen LogP contribution in [-0.2, 0) is 0 Å². The van der Waals surface area contributed by atoms with Crippen molar-refractivity contribution in [2.75, 3.05) is 11.1 Å². The van der Waals surface area contributed by atoms with Crippen LogP contribution >= 0.6 is 23.2 Å². The molecule has 1 heterocycles. The number of aryl methyl sites for hydroxylation is 1. The molecule has 3 rings (SSSR count). The molecule has 2 aromatic carbocycles. The van der Waals surface area contributed by atoms with Gasteiger partial charge in [0.15, 0.2) is 5.82 Å². The molecule has 0 saturated heterocycles. The van der Waals surface area contributed by atoms with Gasteiger partial charge in [-0.05, 0) is 41.8 Å². The Morgan fingerprint density at radius 1 is 1.26 bits per heavy atom. The first-order chi connectivity index (χ1) is 12.9. The Morgan fingerprint density at radius 3 is 2.63 bits per heavy atom. The molecule has 1 atom stereocenters. The molecule has 6 nitrogen and oxygen atoms in total. The van der Waals surface area contributed by atoms with E-state index in [0.717, 1.165) is 11.1 Å². The van der Waals surface area contributed by atoms with Crippen molar-refractivity contribution in [2.45, 2.75) is 12.8 Å². The number of aromatic nitrogens is 2. The number of rotatable bonds is 4. The standard InChI is InChI=1S/C19H15Cl2N5O/c1-10-6-13(14(8-22)11-2-4-12(20)5-3-11)15(21)7-16(10)26-18-17(23)19(27)25-9-24-18/h2-7,9,14H,23H2,1H3,(H2,24,25,26,27). The van der Waals surface area contributed by atoms with Crippen LogP contribution in [0.4, 0.5) is 17.2 Å². The van der Waals surface area contributed by atoms with Gasteiger partial charge in [-0.1, -0.05) is 41.4 Å². The summed E-state index contributed by atoms with van der Waals surface area (Å²) in [5, 5.41) is 13.7. The molecule has 0 radical (unpaired) electrons. The molecule has 0 amide bonds. The number of nitrogens with zero attached hydrogens (tertiary/aromatic N) is 2. The Bertz CT molecular complexity index is 1090. The average Bonchev–Trinajstić information content (AvgIpc) is 2.65. The smallest absolute Gasteiger partial charge is 0.276 e. The minimum atomic E-state index is -0.537. The van der Waals surface area contributed by atoms with Crippen molar-refractivity contribution in [2.24, 2.45) is 0 Å². The summed E-state index contributed by atoms with van der Waals surface area (Å²) in [6, 6.07) is 12.9. The molecule has 0 bridgehead atoms. The van der Waals surface area contributed by atoms with Gasteiger partial charge in [-0.25, -0.2) is 4.98 Å². The van der Waals surface area contributed by atoms with Crippen molar-refractivity contribution in [1.29, 1.82) is 5.26 Å². The highest BCUT2D eigenvalue weighted by Crippen LogP contribution is 2.35. The summed E-state index contributed by atoms with van der Waals surface area (Å²) in [6.07, 6.45) is 1.26. The van der Waals surface area contributed by atoms with Gasteiger partial charge < -0.3 is 16.0 Å². The molecule has 27 heavy (non-hydrogen) atoms. The number of aromatic amines is 1.